The van der Waals surface area contributed by atoms with Crippen LogP contribution in [-0.4, -0.2) is 12.4 Å². The lowest BCUT2D eigenvalue weighted by atomic mass is 10.0. The van der Waals surface area contributed by atoms with Crippen LogP contribution in [0.3, 0.4) is 0 Å². The van der Waals surface area contributed by atoms with Crippen molar-refractivity contribution >= 4 is 45.6 Å². The van der Waals surface area contributed by atoms with Gasteiger partial charge in [-0.15, -0.1) is 11.3 Å². The van der Waals surface area contributed by atoms with Crippen molar-refractivity contribution in [2.24, 2.45) is 0 Å². The topological polar surface area (TPSA) is 17.1 Å². The summed E-state index contributed by atoms with van der Waals surface area (Å²) in [4.78, 5) is 14.0. The van der Waals surface area contributed by atoms with Gasteiger partial charge in [0.2, 0.25) is 5.78 Å². The molecule has 1 unspecified atom stereocenters. The van der Waals surface area contributed by atoms with Gasteiger partial charge in [0.25, 0.3) is 0 Å². The molecule has 0 N–H and O–H groups in total. The summed E-state index contributed by atoms with van der Waals surface area (Å²) in [6.07, 6.45) is 2.04. The lowest BCUT2D eigenvalue weighted by Gasteiger charge is -2.20. The third-order valence-electron chi connectivity index (χ3n) is 4.53. The average molecular weight is 392 g/mol. The molecule has 1 atom stereocenters. The predicted molar refractivity (Wildman–Crippen MR) is 117 cm³/mol. The SMILES string of the molecule is CP1(=S)C(c2ccccc2)=CC(C(=O)c2cccs2)=C1c1ccccc1. The Bertz CT molecular complexity index is 1060. The Morgan fingerprint density at radius 3 is 2.08 bits per heavy atom. The highest BCUT2D eigenvalue weighted by Crippen LogP contribution is 2.70. The number of hydrogen-bond donors (Lipinski definition) is 0. The molecule has 0 fully saturated rings. The number of carbonyl (C=O) groups excluding carboxylic acids is 1. The molecule has 26 heavy (non-hydrogen) atoms. The zero-order valence-corrected chi connectivity index (χ0v) is 16.8. The Morgan fingerprint density at radius 2 is 1.50 bits per heavy atom. The lowest BCUT2D eigenvalue weighted by molar-refractivity contribution is 0.104. The first kappa shape index (κ1) is 17.4. The molecule has 128 valence electrons. The molecule has 4 heteroatoms. The van der Waals surface area contributed by atoms with Crippen LogP contribution in [0, 0.1) is 0 Å². The molecule has 0 aliphatic carbocycles. The van der Waals surface area contributed by atoms with E-state index in [1.165, 1.54) is 11.3 Å². The van der Waals surface area contributed by atoms with E-state index in [-0.39, 0.29) is 5.78 Å². The Balaban J connectivity index is 1.94. The van der Waals surface area contributed by atoms with Crippen LogP contribution < -0.4 is 0 Å². The number of benzene rings is 2. The molecule has 2 heterocycles. The Labute approximate surface area is 162 Å². The molecule has 1 nitrogen and oxygen atoms in total. The van der Waals surface area contributed by atoms with E-state index in [0.717, 1.165) is 32.2 Å². The van der Waals surface area contributed by atoms with Crippen LogP contribution in [-0.2, 0) is 11.8 Å². The van der Waals surface area contributed by atoms with E-state index in [1.807, 2.05) is 60.0 Å². The first-order chi connectivity index (χ1) is 12.6. The number of carbonyl (C=O) groups is 1. The van der Waals surface area contributed by atoms with E-state index < -0.39 is 6.04 Å². The number of Topliss-reactive ketones (excluding diaryl/α,β-unsaturated/α-hetero) is 1. The van der Waals surface area contributed by atoms with Gasteiger partial charge >= 0.3 is 0 Å². The average Bonchev–Trinajstić information content (AvgIpc) is 3.28. The highest BCUT2D eigenvalue weighted by atomic mass is 32.4. The summed E-state index contributed by atoms with van der Waals surface area (Å²) in [6, 6.07) is 22.1. The molecule has 1 aromatic heterocycles. The fraction of sp³-hybridized carbons (Fsp3) is 0.0455. The molecule has 0 bridgehead atoms. The fourth-order valence-corrected chi connectivity index (χ4v) is 7.62. The van der Waals surface area contributed by atoms with Crippen molar-refractivity contribution in [1.82, 2.24) is 0 Å². The minimum atomic E-state index is -2.06. The Kier molecular flexibility index (Phi) is 4.62. The van der Waals surface area contributed by atoms with Gasteiger partial charge in [-0.25, -0.2) is 0 Å². The van der Waals surface area contributed by atoms with Crippen molar-refractivity contribution in [1.29, 1.82) is 0 Å². The second-order valence-corrected chi connectivity index (χ2v) is 12.2. The summed E-state index contributed by atoms with van der Waals surface area (Å²) in [7, 11) is 0. The van der Waals surface area contributed by atoms with Gasteiger partial charge in [0, 0.05) is 16.9 Å². The van der Waals surface area contributed by atoms with Crippen molar-refractivity contribution in [2.75, 3.05) is 6.66 Å². The zero-order valence-electron chi connectivity index (χ0n) is 14.3. The normalized spacial score (nSPS) is 19.5. The number of hydrogen-bond acceptors (Lipinski definition) is 3. The third-order valence-corrected chi connectivity index (χ3v) is 9.19. The van der Waals surface area contributed by atoms with E-state index >= 15 is 0 Å². The molecular formula is C22H17OPS2. The highest BCUT2D eigenvalue weighted by molar-refractivity contribution is 8.24. The summed E-state index contributed by atoms with van der Waals surface area (Å²) in [5.41, 5.74) is 2.92. The maximum atomic E-state index is 13.2. The monoisotopic (exact) mass is 392 g/mol. The largest absolute Gasteiger partial charge is 0.288 e. The number of thiophene rings is 1. The van der Waals surface area contributed by atoms with Gasteiger partial charge in [-0.1, -0.05) is 78.5 Å². The Hall–Kier alpha value is -2.06. The first-order valence-electron chi connectivity index (χ1n) is 8.33. The van der Waals surface area contributed by atoms with Crippen LogP contribution in [0.2, 0.25) is 0 Å². The molecule has 1 aliphatic rings. The second-order valence-electron chi connectivity index (χ2n) is 6.25. The first-order valence-corrected chi connectivity index (χ1v) is 12.5. The van der Waals surface area contributed by atoms with Gasteiger partial charge in [0.05, 0.1) is 4.88 Å². The molecule has 0 radical (unpaired) electrons. The third kappa shape index (κ3) is 2.97. The summed E-state index contributed by atoms with van der Waals surface area (Å²) in [6.45, 7) is 2.14. The van der Waals surface area contributed by atoms with Gasteiger partial charge in [-0.3, -0.25) is 4.79 Å². The van der Waals surface area contributed by atoms with Crippen molar-refractivity contribution in [3.63, 3.8) is 0 Å². The molecule has 0 amide bonds. The molecule has 4 rings (SSSR count). The predicted octanol–water partition coefficient (Wildman–Crippen LogP) is 6.51. The van der Waals surface area contributed by atoms with E-state index in [2.05, 4.69) is 30.9 Å². The smallest absolute Gasteiger partial charge is 0.203 e. The lowest BCUT2D eigenvalue weighted by Crippen LogP contribution is -2.00. The minimum absolute atomic E-state index is 0.0702. The van der Waals surface area contributed by atoms with Gasteiger partial charge in [-0.2, -0.15) is 0 Å². The van der Waals surface area contributed by atoms with Gasteiger partial charge < -0.3 is 0 Å². The number of ketones is 1. The molecule has 2 aromatic carbocycles. The summed E-state index contributed by atoms with van der Waals surface area (Å²) in [5.74, 6) is 0.0702. The molecule has 0 saturated carbocycles. The molecular weight excluding hydrogens is 375 g/mol. The van der Waals surface area contributed by atoms with Crippen LogP contribution >= 0.6 is 17.4 Å². The summed E-state index contributed by atoms with van der Waals surface area (Å²) >= 11 is 7.65. The van der Waals surface area contributed by atoms with Gasteiger partial charge in [0.15, 0.2) is 0 Å². The second kappa shape index (κ2) is 6.92. The minimum Gasteiger partial charge on any atom is -0.288 e. The fourth-order valence-electron chi connectivity index (χ4n) is 3.33. The van der Waals surface area contributed by atoms with E-state index in [9.17, 15) is 4.79 Å². The maximum Gasteiger partial charge on any atom is 0.203 e. The van der Waals surface area contributed by atoms with Crippen LogP contribution in [0.5, 0.6) is 0 Å². The summed E-state index contributed by atoms with van der Waals surface area (Å²) in [5, 5.41) is 4.09. The maximum absolute atomic E-state index is 13.2. The van der Waals surface area contributed by atoms with E-state index in [1.54, 1.807) is 0 Å². The van der Waals surface area contributed by atoms with Crippen LogP contribution in [0.25, 0.3) is 10.6 Å². The number of rotatable bonds is 4. The number of allylic oxidation sites excluding steroid dienone is 2. The standard InChI is InChI=1S/C22H17OPS2/c1-24(25)19(16-9-4-2-5-10-16)15-18(21(23)20-13-8-14-26-20)22(24)17-11-6-3-7-12-17/h2-15H,1H3. The highest BCUT2D eigenvalue weighted by Gasteiger charge is 2.35. The van der Waals surface area contributed by atoms with Crippen molar-refractivity contribution < 1.29 is 4.79 Å². The molecule has 1 aliphatic heterocycles. The van der Waals surface area contributed by atoms with Crippen molar-refractivity contribution in [2.45, 2.75) is 0 Å². The Morgan fingerprint density at radius 1 is 0.885 bits per heavy atom. The van der Waals surface area contributed by atoms with Crippen LogP contribution in [0.4, 0.5) is 0 Å². The quantitative estimate of drug-likeness (QED) is 0.372. The zero-order chi connectivity index (χ0) is 18.1. The van der Waals surface area contributed by atoms with Gasteiger partial charge in [-0.05, 0) is 40.6 Å². The molecule has 0 saturated heterocycles. The molecule has 0 spiro atoms. The van der Waals surface area contributed by atoms with Crippen molar-refractivity contribution in [3.05, 3.63) is 106 Å². The van der Waals surface area contributed by atoms with Gasteiger partial charge in [0.1, 0.15) is 0 Å². The van der Waals surface area contributed by atoms with E-state index in [0.29, 0.717) is 0 Å². The van der Waals surface area contributed by atoms with Crippen LogP contribution in [0.15, 0.2) is 89.8 Å². The summed E-state index contributed by atoms with van der Waals surface area (Å²) < 4.78 is 0. The molecule has 3 aromatic rings. The van der Waals surface area contributed by atoms with E-state index in [4.69, 9.17) is 11.8 Å². The van der Waals surface area contributed by atoms with Crippen LogP contribution in [0.1, 0.15) is 20.8 Å². The van der Waals surface area contributed by atoms with Crippen molar-refractivity contribution in [3.8, 4) is 0 Å².